The van der Waals surface area contributed by atoms with Crippen LogP contribution in [0.2, 0.25) is 0 Å². The van der Waals surface area contributed by atoms with E-state index < -0.39 is 0 Å². The van der Waals surface area contributed by atoms with Crippen molar-refractivity contribution in [3.8, 4) is 34.5 Å². The Kier molecular flexibility index (Phi) is 18.5. The Balaban J connectivity index is 1.24. The zero-order valence-electron chi connectivity index (χ0n) is 45.3. The fourth-order valence-electron chi connectivity index (χ4n) is 8.37. The number of hydrogen-bond acceptors (Lipinski definition) is 9. The summed E-state index contributed by atoms with van der Waals surface area (Å²) in [5, 5.41) is 0. The molecule has 0 aliphatic heterocycles. The summed E-state index contributed by atoms with van der Waals surface area (Å²) in [4.78, 5) is 6.25. The maximum absolute atomic E-state index is 5.96. The minimum atomic E-state index is 0.717. The minimum absolute atomic E-state index is 0.717. The van der Waals surface area contributed by atoms with E-state index in [4.69, 9.17) is 28.4 Å². The third kappa shape index (κ3) is 14.2. The van der Waals surface area contributed by atoms with Crippen LogP contribution in [0.5, 0.6) is 34.5 Å². The monoisotopic (exact) mass is 1000 g/mol. The van der Waals surface area contributed by atoms with Crippen LogP contribution in [0.15, 0.2) is 127 Å². The predicted octanol–water partition coefficient (Wildman–Crippen LogP) is 15.0. The smallest absolute Gasteiger partial charge is 0.126 e. The fourth-order valence-corrected chi connectivity index (χ4v) is 8.37. The average molecular weight is 1000 g/mol. The van der Waals surface area contributed by atoms with Crippen molar-refractivity contribution in [2.75, 3.05) is 99.6 Å². The fraction of sp³-hybridized carbons (Fsp3) is 0.182. The van der Waals surface area contributed by atoms with Gasteiger partial charge in [0.1, 0.15) is 34.5 Å². The molecule has 7 aromatic carbocycles. The highest BCUT2D eigenvalue weighted by atomic mass is 16.5. The lowest BCUT2D eigenvalue weighted by Gasteiger charge is -2.13. The van der Waals surface area contributed by atoms with E-state index >= 15 is 0 Å². The SMILES string of the molecule is COc1cc(/C=C/c2cc(/C=C/c3cc(OC)c(/C=C/c4ccc(N(C)C)cc4)cc3OC)cc(/C=C/c3cc(OC)c(/C=C/c4ccc(N(C)C)cc4)cc3OC)c2)c(OC)cc1/C=C/c1ccc(N(C)C)cc1. The Morgan fingerprint density at radius 3 is 0.560 bits per heavy atom. The molecule has 0 bridgehead atoms. The van der Waals surface area contributed by atoms with Crippen molar-refractivity contribution in [2.45, 2.75) is 0 Å². The molecule has 7 aromatic rings. The second-order valence-corrected chi connectivity index (χ2v) is 18.4. The number of methoxy groups -OCH3 is 6. The van der Waals surface area contributed by atoms with Gasteiger partial charge in [-0.2, -0.15) is 0 Å². The summed E-state index contributed by atoms with van der Waals surface area (Å²) in [7, 11) is 22.3. The van der Waals surface area contributed by atoms with E-state index in [0.29, 0.717) is 17.2 Å². The largest absolute Gasteiger partial charge is 0.496 e. The van der Waals surface area contributed by atoms with Gasteiger partial charge in [0.2, 0.25) is 0 Å². The number of ether oxygens (including phenoxy) is 6. The summed E-state index contributed by atoms with van der Waals surface area (Å²) in [6.07, 6.45) is 24.8. The maximum atomic E-state index is 5.96. The number of rotatable bonds is 21. The van der Waals surface area contributed by atoms with E-state index in [1.807, 2.05) is 78.7 Å². The van der Waals surface area contributed by atoms with Crippen LogP contribution in [0.3, 0.4) is 0 Å². The molecule has 9 nitrogen and oxygen atoms in total. The van der Waals surface area contributed by atoms with Crippen LogP contribution in [0, 0.1) is 0 Å². The molecule has 0 aliphatic carbocycles. The van der Waals surface area contributed by atoms with Gasteiger partial charge in [-0.25, -0.2) is 0 Å². The second-order valence-electron chi connectivity index (χ2n) is 18.4. The molecule has 0 heterocycles. The highest BCUT2D eigenvalue weighted by Gasteiger charge is 2.12. The van der Waals surface area contributed by atoms with E-state index in [1.54, 1.807) is 42.7 Å². The molecule has 0 spiro atoms. The minimum Gasteiger partial charge on any atom is -0.496 e. The van der Waals surface area contributed by atoms with Gasteiger partial charge in [-0.15, -0.1) is 0 Å². The summed E-state index contributed by atoms with van der Waals surface area (Å²) >= 11 is 0. The van der Waals surface area contributed by atoms with Crippen LogP contribution in [0.4, 0.5) is 17.1 Å². The molecule has 9 heteroatoms. The molecule has 0 aromatic heterocycles. The van der Waals surface area contributed by atoms with Crippen molar-refractivity contribution in [2.24, 2.45) is 0 Å². The Hall–Kier alpha value is -8.82. The van der Waals surface area contributed by atoms with Crippen molar-refractivity contribution in [1.29, 1.82) is 0 Å². The molecule has 0 amide bonds. The third-order valence-corrected chi connectivity index (χ3v) is 12.7. The highest BCUT2D eigenvalue weighted by Crippen LogP contribution is 2.36. The Bertz CT molecular complexity index is 2880. The lowest BCUT2D eigenvalue weighted by Crippen LogP contribution is -2.07. The van der Waals surface area contributed by atoms with Gasteiger partial charge >= 0.3 is 0 Å². The van der Waals surface area contributed by atoms with E-state index in [9.17, 15) is 0 Å². The Labute approximate surface area is 444 Å². The van der Waals surface area contributed by atoms with Crippen LogP contribution in [-0.4, -0.2) is 84.9 Å². The first-order chi connectivity index (χ1) is 36.3. The first kappa shape index (κ1) is 54.0. The van der Waals surface area contributed by atoms with Gasteiger partial charge in [0.15, 0.2) is 0 Å². The lowest BCUT2D eigenvalue weighted by atomic mass is 10.0. The quantitative estimate of drug-likeness (QED) is 0.0655. The van der Waals surface area contributed by atoms with Crippen LogP contribution in [0.1, 0.15) is 66.8 Å². The van der Waals surface area contributed by atoms with E-state index in [-0.39, 0.29) is 0 Å². The van der Waals surface area contributed by atoms with Gasteiger partial charge in [0.25, 0.3) is 0 Å². The van der Waals surface area contributed by atoms with Crippen LogP contribution < -0.4 is 43.1 Å². The van der Waals surface area contributed by atoms with Gasteiger partial charge in [0, 0.05) is 92.7 Å². The molecular weight excluding hydrogens is 931 g/mol. The topological polar surface area (TPSA) is 65.1 Å². The Morgan fingerprint density at radius 2 is 0.400 bits per heavy atom. The molecule has 0 saturated heterocycles. The molecule has 384 valence electrons. The van der Waals surface area contributed by atoms with Crippen LogP contribution in [0.25, 0.3) is 72.9 Å². The van der Waals surface area contributed by atoms with Gasteiger partial charge < -0.3 is 43.1 Å². The molecule has 7 rings (SSSR count). The summed E-state index contributed by atoms with van der Waals surface area (Å²) in [6.45, 7) is 0. The van der Waals surface area contributed by atoms with Crippen LogP contribution >= 0.6 is 0 Å². The van der Waals surface area contributed by atoms with Crippen LogP contribution in [-0.2, 0) is 0 Å². The van der Waals surface area contributed by atoms with Crippen molar-refractivity contribution < 1.29 is 28.4 Å². The zero-order valence-corrected chi connectivity index (χ0v) is 45.3. The molecule has 0 radical (unpaired) electrons. The van der Waals surface area contributed by atoms with Crippen molar-refractivity contribution in [3.05, 3.63) is 194 Å². The first-order valence-corrected chi connectivity index (χ1v) is 24.7. The van der Waals surface area contributed by atoms with E-state index in [2.05, 4.69) is 179 Å². The summed E-state index contributed by atoms with van der Waals surface area (Å²) in [5.74, 6) is 4.33. The van der Waals surface area contributed by atoms with Gasteiger partial charge in [-0.1, -0.05) is 109 Å². The van der Waals surface area contributed by atoms with Gasteiger partial charge in [-0.05, 0) is 124 Å². The number of benzene rings is 7. The molecule has 0 fully saturated rings. The lowest BCUT2D eigenvalue weighted by molar-refractivity contribution is 0.401. The van der Waals surface area contributed by atoms with E-state index in [1.165, 1.54) is 0 Å². The predicted molar refractivity (Wildman–Crippen MR) is 321 cm³/mol. The summed E-state index contributed by atoms with van der Waals surface area (Å²) < 4.78 is 35.7. The van der Waals surface area contributed by atoms with Crippen molar-refractivity contribution in [1.82, 2.24) is 0 Å². The molecule has 0 unspecified atom stereocenters. The first-order valence-electron chi connectivity index (χ1n) is 24.7. The zero-order chi connectivity index (χ0) is 53.4. The number of anilines is 3. The number of hydrogen-bond donors (Lipinski definition) is 0. The summed E-state index contributed by atoms with van der Waals surface area (Å²) in [5.41, 5.74) is 14.9. The molecular formula is C66H69N3O6. The van der Waals surface area contributed by atoms with Gasteiger partial charge in [0.05, 0.1) is 42.7 Å². The van der Waals surface area contributed by atoms with Crippen molar-refractivity contribution in [3.63, 3.8) is 0 Å². The molecule has 0 aliphatic rings. The van der Waals surface area contributed by atoms with Crippen molar-refractivity contribution >= 4 is 90.0 Å². The normalized spacial score (nSPS) is 11.7. The average Bonchev–Trinajstić information content (AvgIpc) is 3.43. The molecule has 75 heavy (non-hydrogen) atoms. The molecule has 0 atom stereocenters. The highest BCUT2D eigenvalue weighted by molar-refractivity contribution is 5.85. The summed E-state index contributed by atoms with van der Waals surface area (Å²) in [6, 6.07) is 43.7. The molecule has 0 saturated carbocycles. The third-order valence-electron chi connectivity index (χ3n) is 12.7. The Morgan fingerprint density at radius 1 is 0.227 bits per heavy atom. The molecule has 0 N–H and O–H groups in total. The van der Waals surface area contributed by atoms with E-state index in [0.717, 1.165) is 101 Å². The van der Waals surface area contributed by atoms with Gasteiger partial charge in [-0.3, -0.25) is 0 Å². The number of nitrogens with zero attached hydrogens (tertiary/aromatic N) is 3. The standard InChI is InChI=1S/C66H69N3O6/c1-67(2)58-31-19-46(20-32-58)13-25-52-40-64(73-10)55(43-61(52)70-7)28-16-49-37-50(17-29-56-44-62(71-8)53(41-65(56)74-11)26-14-47-21-33-59(34-22-47)68(3)4)39-51(38-49)18-30-57-45-63(72-9)54(42-66(57)75-12)27-15-48-23-35-60(36-24-48)69(5)6/h13-45H,1-12H3/b25-13+,26-14+,27-15+,28-16+,29-17+,30-18+. The second kappa shape index (κ2) is 25.7. The maximum Gasteiger partial charge on any atom is 0.126 e.